The van der Waals surface area contributed by atoms with Crippen molar-refractivity contribution >= 4 is 5.91 Å². The number of carbonyl (C=O) groups excluding carboxylic acids is 1. The van der Waals surface area contributed by atoms with Gasteiger partial charge in [-0.1, -0.05) is 36.4 Å². The first-order valence-electron chi connectivity index (χ1n) is 8.64. The average molecular weight is 367 g/mol. The van der Waals surface area contributed by atoms with Crippen molar-refractivity contribution in [3.63, 3.8) is 0 Å². The maximum absolute atomic E-state index is 13.6. The molecule has 136 valence electrons. The van der Waals surface area contributed by atoms with E-state index in [-0.39, 0.29) is 11.4 Å². The molecule has 1 aliphatic heterocycles. The molecule has 1 amide bonds. The summed E-state index contributed by atoms with van der Waals surface area (Å²) in [5, 5.41) is 0. The summed E-state index contributed by atoms with van der Waals surface area (Å²) in [6.45, 7) is 0.427. The first-order valence-corrected chi connectivity index (χ1v) is 8.64. The summed E-state index contributed by atoms with van der Waals surface area (Å²) in [5.74, 6) is -2.80. The molecule has 0 saturated heterocycles. The lowest BCUT2D eigenvalue weighted by atomic mass is 9.87. The van der Waals surface area contributed by atoms with E-state index in [2.05, 4.69) is 0 Å². The van der Waals surface area contributed by atoms with Crippen LogP contribution in [0.5, 0.6) is 0 Å². The minimum Gasteiger partial charge on any atom is -0.327 e. The fourth-order valence-corrected chi connectivity index (χ4v) is 3.58. The molecule has 0 aliphatic carbocycles. The second-order valence-corrected chi connectivity index (χ2v) is 6.53. The zero-order chi connectivity index (χ0) is 19.0. The molecule has 0 saturated carbocycles. The lowest BCUT2D eigenvalue weighted by Gasteiger charge is -2.38. The maximum Gasteiger partial charge on any atom is 0.254 e. The molecular weight excluding hydrogens is 351 g/mol. The van der Waals surface area contributed by atoms with Crippen molar-refractivity contribution in [2.75, 3.05) is 6.54 Å². The normalized spacial score (nSPS) is 16.1. The van der Waals surface area contributed by atoms with Gasteiger partial charge < -0.3 is 4.90 Å². The molecule has 0 N–H and O–H groups in total. The third kappa shape index (κ3) is 3.21. The summed E-state index contributed by atoms with van der Waals surface area (Å²) < 4.78 is 40.3. The Kier molecular flexibility index (Phi) is 4.44. The first kappa shape index (κ1) is 17.3. The summed E-state index contributed by atoms with van der Waals surface area (Å²) in [6.07, 6.45) is 0.656. The van der Waals surface area contributed by atoms with Crippen molar-refractivity contribution in [2.45, 2.75) is 12.5 Å². The van der Waals surface area contributed by atoms with Crippen LogP contribution in [0.1, 0.15) is 33.1 Å². The molecule has 1 heterocycles. The predicted molar refractivity (Wildman–Crippen MR) is 95.8 cm³/mol. The molecule has 0 spiro atoms. The number of hydrogen-bond donors (Lipinski definition) is 0. The van der Waals surface area contributed by atoms with Gasteiger partial charge in [-0.05, 0) is 53.4 Å². The summed E-state index contributed by atoms with van der Waals surface area (Å²) in [7, 11) is 0. The highest BCUT2D eigenvalue weighted by molar-refractivity contribution is 5.95. The largest absolute Gasteiger partial charge is 0.327 e. The van der Waals surface area contributed by atoms with E-state index >= 15 is 0 Å². The number of hydrogen-bond acceptors (Lipinski definition) is 1. The molecular formula is C22H16F3NO. The van der Waals surface area contributed by atoms with Gasteiger partial charge >= 0.3 is 0 Å². The van der Waals surface area contributed by atoms with Crippen LogP contribution in [0, 0.1) is 17.5 Å². The highest BCUT2D eigenvalue weighted by atomic mass is 19.2. The van der Waals surface area contributed by atoms with E-state index in [9.17, 15) is 18.0 Å². The molecule has 2 nitrogen and oxygen atoms in total. The van der Waals surface area contributed by atoms with Crippen LogP contribution in [0.15, 0.2) is 66.7 Å². The summed E-state index contributed by atoms with van der Waals surface area (Å²) >= 11 is 0. The molecule has 1 atom stereocenters. The van der Waals surface area contributed by atoms with E-state index in [1.807, 2.05) is 24.3 Å². The molecule has 4 rings (SSSR count). The van der Waals surface area contributed by atoms with Crippen molar-refractivity contribution in [2.24, 2.45) is 0 Å². The lowest BCUT2D eigenvalue weighted by Crippen LogP contribution is -2.40. The zero-order valence-electron chi connectivity index (χ0n) is 14.3. The van der Waals surface area contributed by atoms with Gasteiger partial charge in [-0.2, -0.15) is 0 Å². The van der Waals surface area contributed by atoms with Crippen LogP contribution in [0.25, 0.3) is 0 Å². The highest BCUT2D eigenvalue weighted by Gasteiger charge is 2.32. The van der Waals surface area contributed by atoms with E-state index in [1.54, 1.807) is 17.0 Å². The van der Waals surface area contributed by atoms with Gasteiger partial charge in [0.1, 0.15) is 5.82 Å². The molecule has 0 fully saturated rings. The molecule has 27 heavy (non-hydrogen) atoms. The monoisotopic (exact) mass is 367 g/mol. The topological polar surface area (TPSA) is 20.3 Å². The van der Waals surface area contributed by atoms with Gasteiger partial charge in [0.15, 0.2) is 11.6 Å². The van der Waals surface area contributed by atoms with E-state index in [0.717, 1.165) is 28.8 Å². The molecule has 0 unspecified atom stereocenters. The Morgan fingerprint density at radius 3 is 2.37 bits per heavy atom. The lowest BCUT2D eigenvalue weighted by molar-refractivity contribution is 0.0694. The fourth-order valence-electron chi connectivity index (χ4n) is 3.58. The third-order valence-corrected chi connectivity index (χ3v) is 4.90. The molecule has 0 radical (unpaired) electrons. The van der Waals surface area contributed by atoms with Gasteiger partial charge in [0.2, 0.25) is 0 Å². The van der Waals surface area contributed by atoms with Crippen LogP contribution in [-0.2, 0) is 6.42 Å². The Balaban J connectivity index is 1.79. The van der Waals surface area contributed by atoms with Gasteiger partial charge in [0.05, 0.1) is 6.04 Å². The smallest absolute Gasteiger partial charge is 0.254 e. The zero-order valence-corrected chi connectivity index (χ0v) is 14.3. The second kappa shape index (κ2) is 6.91. The van der Waals surface area contributed by atoms with E-state index < -0.39 is 23.6 Å². The summed E-state index contributed by atoms with van der Waals surface area (Å²) in [4.78, 5) is 14.7. The minimum atomic E-state index is -1.06. The predicted octanol–water partition coefficient (Wildman–Crippen LogP) is 4.89. The average Bonchev–Trinajstić information content (AvgIpc) is 2.69. The Morgan fingerprint density at radius 1 is 0.889 bits per heavy atom. The van der Waals surface area contributed by atoms with E-state index in [1.165, 1.54) is 18.2 Å². The van der Waals surface area contributed by atoms with Crippen molar-refractivity contribution in [1.82, 2.24) is 4.90 Å². The minimum absolute atomic E-state index is 0.0837. The van der Waals surface area contributed by atoms with Crippen molar-refractivity contribution in [3.8, 4) is 0 Å². The van der Waals surface area contributed by atoms with Gasteiger partial charge in [0, 0.05) is 12.1 Å². The van der Waals surface area contributed by atoms with Gasteiger partial charge in [-0.15, -0.1) is 0 Å². The van der Waals surface area contributed by atoms with Crippen LogP contribution in [0.3, 0.4) is 0 Å². The molecule has 3 aromatic rings. The number of benzene rings is 3. The highest BCUT2D eigenvalue weighted by Crippen LogP contribution is 2.36. The van der Waals surface area contributed by atoms with E-state index in [4.69, 9.17) is 0 Å². The van der Waals surface area contributed by atoms with E-state index in [0.29, 0.717) is 13.0 Å². The Bertz CT molecular complexity index is 1000. The molecule has 5 heteroatoms. The van der Waals surface area contributed by atoms with Crippen molar-refractivity contribution in [3.05, 3.63) is 106 Å². The SMILES string of the molecule is O=C(c1ccc(F)c(F)c1)N1CCc2ccccc2[C@H]1c1ccc(F)cc1. The van der Waals surface area contributed by atoms with Crippen molar-refractivity contribution < 1.29 is 18.0 Å². The Labute approximate surface area is 154 Å². The standard InChI is InChI=1S/C22H16F3NO/c23-17-8-5-15(6-9-17)21-18-4-2-1-3-14(18)11-12-26(21)22(27)16-7-10-19(24)20(25)13-16/h1-10,13,21H,11-12H2/t21-/m1/s1. The number of nitrogens with zero attached hydrogens (tertiary/aromatic N) is 1. The van der Waals surface area contributed by atoms with Gasteiger partial charge in [-0.3, -0.25) is 4.79 Å². The number of carbonyl (C=O) groups is 1. The van der Waals surface area contributed by atoms with Crippen LogP contribution >= 0.6 is 0 Å². The van der Waals surface area contributed by atoms with Crippen LogP contribution in [0.2, 0.25) is 0 Å². The molecule has 0 aromatic heterocycles. The van der Waals surface area contributed by atoms with Crippen molar-refractivity contribution in [1.29, 1.82) is 0 Å². The third-order valence-electron chi connectivity index (χ3n) is 4.90. The van der Waals surface area contributed by atoms with Crippen LogP contribution in [0.4, 0.5) is 13.2 Å². The number of amides is 1. The summed E-state index contributed by atoms with van der Waals surface area (Å²) in [6, 6.07) is 16.5. The molecule has 0 bridgehead atoms. The maximum atomic E-state index is 13.6. The number of rotatable bonds is 2. The van der Waals surface area contributed by atoms with Gasteiger partial charge in [0.25, 0.3) is 5.91 Å². The second-order valence-electron chi connectivity index (χ2n) is 6.53. The number of fused-ring (bicyclic) bond motifs is 1. The number of halogens is 3. The quantitative estimate of drug-likeness (QED) is 0.631. The Hall–Kier alpha value is -3.08. The van der Waals surface area contributed by atoms with Crippen LogP contribution < -0.4 is 0 Å². The first-order chi connectivity index (χ1) is 13.0. The fraction of sp³-hybridized carbons (Fsp3) is 0.136. The van der Waals surface area contributed by atoms with Gasteiger partial charge in [-0.25, -0.2) is 13.2 Å². The Morgan fingerprint density at radius 2 is 1.63 bits per heavy atom. The molecule has 1 aliphatic rings. The molecule has 3 aromatic carbocycles. The van der Waals surface area contributed by atoms with Crippen LogP contribution in [-0.4, -0.2) is 17.4 Å². The summed E-state index contributed by atoms with van der Waals surface area (Å²) in [5.41, 5.74) is 2.91.